The van der Waals surface area contributed by atoms with Crippen molar-refractivity contribution < 1.29 is 4.74 Å². The standard InChI is InChI=1S/C15H27BrO/c1-13(9-11-15(3,4)17-5)7-6-8-14(2)10-12-16/h6,8,10,13H,7,9,11-12H2,1-5H3. The second-order valence-electron chi connectivity index (χ2n) is 5.35. The highest BCUT2D eigenvalue weighted by atomic mass is 79.9. The molecule has 1 unspecified atom stereocenters. The Bertz CT molecular complexity index is 254. The molecule has 0 aromatic carbocycles. The van der Waals surface area contributed by atoms with E-state index in [1.165, 1.54) is 12.0 Å². The van der Waals surface area contributed by atoms with Crippen molar-refractivity contribution in [3.05, 3.63) is 23.8 Å². The van der Waals surface area contributed by atoms with Gasteiger partial charge in [0.05, 0.1) is 5.60 Å². The van der Waals surface area contributed by atoms with Crippen LogP contribution in [0.2, 0.25) is 0 Å². The number of halogens is 1. The first-order chi connectivity index (χ1) is 7.91. The van der Waals surface area contributed by atoms with Gasteiger partial charge in [-0.25, -0.2) is 0 Å². The molecule has 0 bridgehead atoms. The molecular weight excluding hydrogens is 276 g/mol. The van der Waals surface area contributed by atoms with E-state index < -0.39 is 0 Å². The lowest BCUT2D eigenvalue weighted by Crippen LogP contribution is -2.22. The highest BCUT2D eigenvalue weighted by molar-refractivity contribution is 9.09. The van der Waals surface area contributed by atoms with Crippen LogP contribution in [-0.2, 0) is 4.74 Å². The summed E-state index contributed by atoms with van der Waals surface area (Å²) in [6.07, 6.45) is 10.1. The second-order valence-corrected chi connectivity index (χ2v) is 6.00. The van der Waals surface area contributed by atoms with Gasteiger partial charge in [0.2, 0.25) is 0 Å². The zero-order chi connectivity index (χ0) is 13.3. The van der Waals surface area contributed by atoms with Crippen molar-refractivity contribution in [2.45, 2.75) is 52.6 Å². The Hall–Kier alpha value is -0.0800. The molecule has 0 aromatic heterocycles. The summed E-state index contributed by atoms with van der Waals surface area (Å²) in [6.45, 7) is 8.74. The zero-order valence-corrected chi connectivity index (χ0v) is 13.5. The summed E-state index contributed by atoms with van der Waals surface area (Å²) < 4.78 is 5.43. The average molecular weight is 303 g/mol. The predicted octanol–water partition coefficient (Wildman–Crippen LogP) is 5.12. The van der Waals surface area contributed by atoms with Gasteiger partial charge >= 0.3 is 0 Å². The molecule has 0 rings (SSSR count). The number of ether oxygens (including phenoxy) is 1. The van der Waals surface area contributed by atoms with Crippen LogP contribution in [0.15, 0.2) is 23.8 Å². The van der Waals surface area contributed by atoms with E-state index in [0.717, 1.165) is 24.1 Å². The highest BCUT2D eigenvalue weighted by Crippen LogP contribution is 2.21. The van der Waals surface area contributed by atoms with Crippen molar-refractivity contribution in [3.63, 3.8) is 0 Å². The lowest BCUT2D eigenvalue weighted by Gasteiger charge is -2.24. The van der Waals surface area contributed by atoms with E-state index in [2.05, 4.69) is 61.9 Å². The molecule has 0 spiro atoms. The first-order valence-corrected chi connectivity index (χ1v) is 7.48. The Morgan fingerprint density at radius 2 is 2.06 bits per heavy atom. The summed E-state index contributed by atoms with van der Waals surface area (Å²) in [6, 6.07) is 0. The van der Waals surface area contributed by atoms with Crippen LogP contribution in [0.1, 0.15) is 47.0 Å². The monoisotopic (exact) mass is 302 g/mol. The molecule has 17 heavy (non-hydrogen) atoms. The third kappa shape index (κ3) is 9.61. The van der Waals surface area contributed by atoms with Crippen molar-refractivity contribution in [1.29, 1.82) is 0 Å². The Labute approximate surface area is 115 Å². The van der Waals surface area contributed by atoms with Crippen LogP contribution in [-0.4, -0.2) is 18.0 Å². The summed E-state index contributed by atoms with van der Waals surface area (Å²) in [7, 11) is 1.79. The lowest BCUT2D eigenvalue weighted by molar-refractivity contribution is 0.0109. The summed E-state index contributed by atoms with van der Waals surface area (Å²) in [5, 5.41) is 0.931. The number of hydrogen-bond acceptors (Lipinski definition) is 1. The average Bonchev–Trinajstić information content (AvgIpc) is 2.27. The number of alkyl halides is 1. The van der Waals surface area contributed by atoms with Crippen LogP contribution >= 0.6 is 15.9 Å². The highest BCUT2D eigenvalue weighted by Gasteiger charge is 2.16. The first kappa shape index (κ1) is 16.9. The van der Waals surface area contributed by atoms with Crippen molar-refractivity contribution in [2.24, 2.45) is 5.92 Å². The molecule has 0 saturated carbocycles. The topological polar surface area (TPSA) is 9.23 Å². The molecule has 0 radical (unpaired) electrons. The van der Waals surface area contributed by atoms with Crippen LogP contribution in [0.4, 0.5) is 0 Å². The van der Waals surface area contributed by atoms with E-state index in [4.69, 9.17) is 4.74 Å². The van der Waals surface area contributed by atoms with E-state index in [1.807, 2.05) is 0 Å². The fourth-order valence-corrected chi connectivity index (χ4v) is 2.00. The van der Waals surface area contributed by atoms with Gasteiger partial charge in [-0.05, 0) is 46.0 Å². The molecule has 0 amide bonds. The summed E-state index contributed by atoms with van der Waals surface area (Å²) in [4.78, 5) is 0. The van der Waals surface area contributed by atoms with Gasteiger partial charge in [-0.2, -0.15) is 0 Å². The first-order valence-electron chi connectivity index (χ1n) is 6.35. The van der Waals surface area contributed by atoms with E-state index in [-0.39, 0.29) is 5.60 Å². The fraction of sp³-hybridized carbons (Fsp3) is 0.733. The van der Waals surface area contributed by atoms with Crippen LogP contribution < -0.4 is 0 Å². The molecule has 0 aliphatic carbocycles. The third-order valence-corrected chi connectivity index (χ3v) is 3.43. The minimum Gasteiger partial charge on any atom is -0.379 e. The maximum Gasteiger partial charge on any atom is 0.0622 e. The lowest BCUT2D eigenvalue weighted by atomic mass is 9.94. The molecule has 0 aromatic rings. The third-order valence-electron chi connectivity index (χ3n) is 3.11. The normalized spacial score (nSPS) is 15.5. The summed E-state index contributed by atoms with van der Waals surface area (Å²) in [5.41, 5.74) is 1.34. The SMILES string of the molecule is COC(C)(C)CCC(C)CC=CC(C)=CCBr. The van der Waals surface area contributed by atoms with Gasteiger partial charge in [-0.1, -0.05) is 46.7 Å². The van der Waals surface area contributed by atoms with Gasteiger partial charge in [0, 0.05) is 12.4 Å². The minimum atomic E-state index is 0.0176. The Kier molecular flexibility index (Phi) is 8.89. The van der Waals surface area contributed by atoms with Crippen molar-refractivity contribution in [2.75, 3.05) is 12.4 Å². The van der Waals surface area contributed by atoms with Gasteiger partial charge in [-0.15, -0.1) is 0 Å². The number of allylic oxidation sites excluding steroid dienone is 4. The molecule has 0 fully saturated rings. The Morgan fingerprint density at radius 3 is 2.59 bits per heavy atom. The quantitative estimate of drug-likeness (QED) is 0.447. The number of methoxy groups -OCH3 is 1. The summed E-state index contributed by atoms with van der Waals surface area (Å²) >= 11 is 3.40. The number of rotatable bonds is 8. The molecule has 0 aliphatic heterocycles. The number of hydrogen-bond donors (Lipinski definition) is 0. The molecule has 1 nitrogen and oxygen atoms in total. The van der Waals surface area contributed by atoms with Crippen LogP contribution in [0.25, 0.3) is 0 Å². The van der Waals surface area contributed by atoms with Crippen molar-refractivity contribution in [3.8, 4) is 0 Å². The minimum absolute atomic E-state index is 0.0176. The van der Waals surface area contributed by atoms with Gasteiger partial charge in [0.25, 0.3) is 0 Å². The molecule has 0 heterocycles. The van der Waals surface area contributed by atoms with Gasteiger partial charge in [0.1, 0.15) is 0 Å². The summed E-state index contributed by atoms with van der Waals surface area (Å²) in [5.74, 6) is 0.720. The molecule has 0 aliphatic rings. The van der Waals surface area contributed by atoms with Crippen molar-refractivity contribution in [1.82, 2.24) is 0 Å². The Morgan fingerprint density at radius 1 is 1.41 bits per heavy atom. The van der Waals surface area contributed by atoms with Crippen molar-refractivity contribution >= 4 is 15.9 Å². The Balaban J connectivity index is 3.88. The van der Waals surface area contributed by atoms with E-state index in [0.29, 0.717) is 0 Å². The largest absolute Gasteiger partial charge is 0.379 e. The molecule has 2 heteroatoms. The molecular formula is C15H27BrO. The van der Waals surface area contributed by atoms with Crippen LogP contribution in [0.3, 0.4) is 0 Å². The maximum absolute atomic E-state index is 5.43. The van der Waals surface area contributed by atoms with Crippen LogP contribution in [0, 0.1) is 5.92 Å². The molecule has 0 N–H and O–H groups in total. The van der Waals surface area contributed by atoms with E-state index in [1.54, 1.807) is 7.11 Å². The zero-order valence-electron chi connectivity index (χ0n) is 11.9. The molecule has 0 saturated heterocycles. The van der Waals surface area contributed by atoms with Gasteiger partial charge < -0.3 is 4.74 Å². The molecule has 1 atom stereocenters. The predicted molar refractivity (Wildman–Crippen MR) is 80.8 cm³/mol. The van der Waals surface area contributed by atoms with E-state index >= 15 is 0 Å². The van der Waals surface area contributed by atoms with Gasteiger partial charge in [0.15, 0.2) is 0 Å². The smallest absolute Gasteiger partial charge is 0.0622 e. The fourth-order valence-electron chi connectivity index (χ4n) is 1.49. The van der Waals surface area contributed by atoms with Gasteiger partial charge in [-0.3, -0.25) is 0 Å². The second kappa shape index (κ2) is 8.93. The van der Waals surface area contributed by atoms with E-state index in [9.17, 15) is 0 Å². The van der Waals surface area contributed by atoms with Crippen LogP contribution in [0.5, 0.6) is 0 Å². The maximum atomic E-state index is 5.43. The molecule has 100 valence electrons.